The van der Waals surface area contributed by atoms with Gasteiger partial charge in [-0.1, -0.05) is 6.07 Å². The number of rotatable bonds is 6. The van der Waals surface area contributed by atoms with Crippen LogP contribution in [0.25, 0.3) is 22.3 Å². The van der Waals surface area contributed by atoms with Crippen molar-refractivity contribution >= 4 is 28.4 Å². The van der Waals surface area contributed by atoms with Crippen molar-refractivity contribution in [2.75, 3.05) is 62.8 Å². The molecule has 1 N–H and O–H groups in total. The van der Waals surface area contributed by atoms with E-state index in [1.165, 1.54) is 5.69 Å². The molecule has 2 fully saturated rings. The zero-order valence-corrected chi connectivity index (χ0v) is 20.0. The average Bonchev–Trinajstić information content (AvgIpc) is 2.91. The molecule has 0 radical (unpaired) electrons. The number of morpholine rings is 2. The van der Waals surface area contributed by atoms with E-state index in [9.17, 15) is 13.6 Å². The van der Waals surface area contributed by atoms with E-state index in [-0.39, 0.29) is 26.2 Å². The van der Waals surface area contributed by atoms with Crippen molar-refractivity contribution in [3.8, 4) is 11.3 Å². The minimum absolute atomic E-state index is 0.0850. The number of aryl methyl sites for hydroxylation is 1. The Labute approximate surface area is 207 Å². The van der Waals surface area contributed by atoms with Crippen LogP contribution in [0, 0.1) is 6.92 Å². The molecule has 1 unspecified atom stereocenters. The number of halogens is 2. The number of fused-ring (bicyclic) bond motifs is 1. The third kappa shape index (κ3) is 5.21. The molecular weight excluding hydrogens is 470 g/mol. The van der Waals surface area contributed by atoms with Gasteiger partial charge in [0, 0.05) is 56.4 Å². The molecule has 1 aromatic carbocycles. The zero-order chi connectivity index (χ0) is 25.1. The van der Waals surface area contributed by atoms with Gasteiger partial charge in [0.2, 0.25) is 0 Å². The minimum Gasteiger partial charge on any atom is -0.378 e. The van der Waals surface area contributed by atoms with Crippen molar-refractivity contribution in [3.05, 3.63) is 42.2 Å². The topological polar surface area (TPSA) is 92.7 Å². The van der Waals surface area contributed by atoms with Gasteiger partial charge in [-0.2, -0.15) is 8.78 Å². The van der Waals surface area contributed by atoms with Crippen LogP contribution in [0.15, 0.2) is 36.7 Å². The number of anilines is 2. The standard InChI is InChI=1S/C25H28F2N6O3/c1-16-12-17(2-3-21(16)32-6-9-35-10-7-32)19-13-20-22(29-5-4-28-20)24(31-19)30-14-18-15-33(8-11-36-18)25(34)23(26)27/h2-5,12-13,18,23H,6-11,14-15H2,1H3,(H,30,31). The molecule has 3 aromatic rings. The lowest BCUT2D eigenvalue weighted by atomic mass is 10.0. The fourth-order valence-corrected chi connectivity index (χ4v) is 4.61. The second kappa shape index (κ2) is 10.7. The van der Waals surface area contributed by atoms with Crippen LogP contribution in [0.1, 0.15) is 5.56 Å². The molecule has 2 aliphatic rings. The van der Waals surface area contributed by atoms with E-state index in [0.717, 1.165) is 48.0 Å². The van der Waals surface area contributed by atoms with Crippen LogP contribution < -0.4 is 10.2 Å². The van der Waals surface area contributed by atoms with Gasteiger partial charge in [0.15, 0.2) is 5.82 Å². The number of aromatic nitrogens is 3. The summed E-state index contributed by atoms with van der Waals surface area (Å²) in [7, 11) is 0. The van der Waals surface area contributed by atoms with Gasteiger partial charge in [0.25, 0.3) is 5.91 Å². The first-order valence-electron chi connectivity index (χ1n) is 12.0. The third-order valence-electron chi connectivity index (χ3n) is 6.44. The molecule has 2 aromatic heterocycles. The maximum absolute atomic E-state index is 12.8. The first kappa shape index (κ1) is 24.3. The van der Waals surface area contributed by atoms with E-state index in [1.807, 2.05) is 12.1 Å². The van der Waals surface area contributed by atoms with Crippen molar-refractivity contribution in [2.45, 2.75) is 19.5 Å². The molecule has 1 amide bonds. The Morgan fingerprint density at radius 2 is 1.94 bits per heavy atom. The van der Waals surface area contributed by atoms with E-state index >= 15 is 0 Å². The average molecular weight is 499 g/mol. The predicted molar refractivity (Wildman–Crippen MR) is 131 cm³/mol. The molecular formula is C25H28F2N6O3. The smallest absolute Gasteiger partial charge is 0.315 e. The Morgan fingerprint density at radius 3 is 2.72 bits per heavy atom. The molecule has 4 heterocycles. The van der Waals surface area contributed by atoms with Gasteiger partial charge in [-0.15, -0.1) is 0 Å². The van der Waals surface area contributed by atoms with Crippen LogP contribution in [-0.4, -0.2) is 90.8 Å². The second-order valence-electron chi connectivity index (χ2n) is 8.84. The first-order valence-corrected chi connectivity index (χ1v) is 12.0. The number of carbonyl (C=O) groups excluding carboxylic acids is 1. The summed E-state index contributed by atoms with van der Waals surface area (Å²) in [4.78, 5) is 28.9. The number of amides is 1. The number of nitrogens with one attached hydrogen (secondary N) is 1. The molecule has 36 heavy (non-hydrogen) atoms. The van der Waals surface area contributed by atoms with Gasteiger partial charge >= 0.3 is 6.43 Å². The molecule has 9 nitrogen and oxygen atoms in total. The van der Waals surface area contributed by atoms with E-state index < -0.39 is 18.4 Å². The summed E-state index contributed by atoms with van der Waals surface area (Å²) in [5, 5.41) is 3.25. The molecule has 5 rings (SSSR count). The van der Waals surface area contributed by atoms with E-state index in [2.05, 4.69) is 39.2 Å². The lowest BCUT2D eigenvalue weighted by Gasteiger charge is -2.33. The van der Waals surface area contributed by atoms with E-state index in [0.29, 0.717) is 16.9 Å². The van der Waals surface area contributed by atoms with Gasteiger partial charge in [0.05, 0.1) is 37.1 Å². The Morgan fingerprint density at radius 1 is 1.14 bits per heavy atom. The Kier molecular flexibility index (Phi) is 7.19. The molecule has 2 saturated heterocycles. The third-order valence-corrected chi connectivity index (χ3v) is 6.44. The Balaban J connectivity index is 1.38. The highest BCUT2D eigenvalue weighted by Gasteiger charge is 2.29. The normalized spacial score (nSPS) is 18.6. The van der Waals surface area contributed by atoms with Gasteiger partial charge < -0.3 is 24.6 Å². The van der Waals surface area contributed by atoms with Crippen LogP contribution in [-0.2, 0) is 14.3 Å². The number of benzene rings is 1. The summed E-state index contributed by atoms with van der Waals surface area (Å²) in [6.07, 6.45) is -0.252. The van der Waals surface area contributed by atoms with Crippen molar-refractivity contribution in [1.29, 1.82) is 0 Å². The molecule has 0 aliphatic carbocycles. The number of alkyl halides is 2. The fraction of sp³-hybridized carbons (Fsp3) is 0.440. The molecule has 0 bridgehead atoms. The number of hydrogen-bond donors (Lipinski definition) is 1. The maximum atomic E-state index is 12.8. The highest BCUT2D eigenvalue weighted by Crippen LogP contribution is 2.30. The Bertz CT molecular complexity index is 1240. The summed E-state index contributed by atoms with van der Waals surface area (Å²) in [6.45, 7) is 5.98. The van der Waals surface area contributed by atoms with Crippen molar-refractivity contribution in [3.63, 3.8) is 0 Å². The number of hydrogen-bond acceptors (Lipinski definition) is 8. The molecule has 1 atom stereocenters. The molecule has 0 saturated carbocycles. The first-order chi connectivity index (χ1) is 17.5. The van der Waals surface area contributed by atoms with E-state index in [1.54, 1.807) is 12.4 Å². The number of nitrogens with zero attached hydrogens (tertiary/aromatic N) is 5. The molecule has 2 aliphatic heterocycles. The SMILES string of the molecule is Cc1cc(-c2cc3nccnc3c(NCC3CN(C(=O)C(F)F)CCO3)n2)ccc1N1CCOCC1. The zero-order valence-electron chi connectivity index (χ0n) is 20.0. The minimum atomic E-state index is -3.02. The monoisotopic (exact) mass is 498 g/mol. The van der Waals surface area contributed by atoms with Gasteiger partial charge in [-0.05, 0) is 30.7 Å². The fourth-order valence-electron chi connectivity index (χ4n) is 4.61. The molecule has 11 heteroatoms. The summed E-state index contributed by atoms with van der Waals surface area (Å²) in [5.41, 5.74) is 5.28. The van der Waals surface area contributed by atoms with Crippen molar-refractivity contribution in [1.82, 2.24) is 19.9 Å². The lowest BCUT2D eigenvalue weighted by Crippen LogP contribution is -2.49. The van der Waals surface area contributed by atoms with Crippen molar-refractivity contribution < 1.29 is 23.0 Å². The largest absolute Gasteiger partial charge is 0.378 e. The summed E-state index contributed by atoms with van der Waals surface area (Å²) >= 11 is 0. The Hall–Kier alpha value is -3.44. The molecule has 190 valence electrons. The van der Waals surface area contributed by atoms with E-state index in [4.69, 9.17) is 14.5 Å². The highest BCUT2D eigenvalue weighted by molar-refractivity contribution is 5.88. The summed E-state index contributed by atoms with van der Waals surface area (Å²) in [5.74, 6) is -0.651. The maximum Gasteiger partial charge on any atom is 0.315 e. The highest BCUT2D eigenvalue weighted by atomic mass is 19.3. The quantitative estimate of drug-likeness (QED) is 0.555. The number of ether oxygens (including phenoxy) is 2. The van der Waals surface area contributed by atoms with Gasteiger partial charge in [-0.25, -0.2) is 9.97 Å². The predicted octanol–water partition coefficient (Wildman–Crippen LogP) is 2.74. The number of pyridine rings is 1. The summed E-state index contributed by atoms with van der Waals surface area (Å²) < 4.78 is 36.9. The van der Waals surface area contributed by atoms with Crippen LogP contribution in [0.5, 0.6) is 0 Å². The van der Waals surface area contributed by atoms with Crippen LogP contribution >= 0.6 is 0 Å². The molecule has 0 spiro atoms. The van der Waals surface area contributed by atoms with Crippen LogP contribution in [0.3, 0.4) is 0 Å². The van der Waals surface area contributed by atoms with Crippen molar-refractivity contribution in [2.24, 2.45) is 0 Å². The summed E-state index contributed by atoms with van der Waals surface area (Å²) in [6, 6.07) is 8.16. The second-order valence-corrected chi connectivity index (χ2v) is 8.84. The lowest BCUT2D eigenvalue weighted by molar-refractivity contribution is -0.149. The van der Waals surface area contributed by atoms with Gasteiger partial charge in [-0.3, -0.25) is 9.78 Å². The van der Waals surface area contributed by atoms with Crippen LogP contribution in [0.2, 0.25) is 0 Å². The number of carbonyl (C=O) groups is 1. The van der Waals surface area contributed by atoms with Crippen LogP contribution in [0.4, 0.5) is 20.3 Å². The van der Waals surface area contributed by atoms with Gasteiger partial charge in [0.1, 0.15) is 5.52 Å².